The number of rotatable bonds is 4. The number of hydrogen-bond acceptors (Lipinski definition) is 3. The van der Waals surface area contributed by atoms with Crippen LogP contribution in [-0.4, -0.2) is 49.7 Å². The summed E-state index contributed by atoms with van der Waals surface area (Å²) in [6.07, 6.45) is 3.02. The first kappa shape index (κ1) is 19.5. The maximum Gasteiger partial charge on any atom is 0.246 e. The maximum absolute atomic E-state index is 12.9. The molecule has 0 aromatic heterocycles. The van der Waals surface area contributed by atoms with Gasteiger partial charge in [0.2, 0.25) is 15.9 Å². The number of piperazine rings is 1. The Hall–Kier alpha value is -2.22. The molecular formula is C19H18ClFN2O3S. The van der Waals surface area contributed by atoms with E-state index in [9.17, 15) is 17.6 Å². The van der Waals surface area contributed by atoms with Gasteiger partial charge in [-0.2, -0.15) is 4.31 Å². The highest BCUT2D eigenvalue weighted by atomic mass is 35.5. The third-order valence-corrected chi connectivity index (χ3v) is 6.45. The van der Waals surface area contributed by atoms with Crippen molar-refractivity contribution in [3.05, 3.63) is 71.0 Å². The molecule has 8 heteroatoms. The Balaban J connectivity index is 1.60. The zero-order chi connectivity index (χ0) is 19.4. The van der Waals surface area contributed by atoms with Gasteiger partial charge in [-0.05, 0) is 48.0 Å². The molecule has 0 spiro atoms. The van der Waals surface area contributed by atoms with Crippen molar-refractivity contribution < 1.29 is 17.6 Å². The van der Waals surface area contributed by atoms with Crippen molar-refractivity contribution in [3.8, 4) is 0 Å². The van der Waals surface area contributed by atoms with Crippen LogP contribution in [0.1, 0.15) is 5.56 Å². The van der Waals surface area contributed by atoms with Crippen LogP contribution in [0.25, 0.3) is 6.08 Å². The van der Waals surface area contributed by atoms with Crippen LogP contribution in [0.15, 0.2) is 59.5 Å². The molecular weight excluding hydrogens is 391 g/mol. The first-order valence-electron chi connectivity index (χ1n) is 8.34. The molecule has 1 aliphatic rings. The minimum Gasteiger partial charge on any atom is -0.337 e. The van der Waals surface area contributed by atoms with E-state index in [2.05, 4.69) is 0 Å². The lowest BCUT2D eigenvalue weighted by Crippen LogP contribution is -2.50. The molecule has 5 nitrogen and oxygen atoms in total. The van der Waals surface area contributed by atoms with Crippen LogP contribution in [0.3, 0.4) is 0 Å². The molecule has 2 aromatic rings. The van der Waals surface area contributed by atoms with Crippen molar-refractivity contribution in [2.45, 2.75) is 4.90 Å². The average Bonchev–Trinajstić information content (AvgIpc) is 2.68. The molecule has 142 valence electrons. The van der Waals surface area contributed by atoms with E-state index in [0.717, 1.165) is 0 Å². The molecule has 0 radical (unpaired) electrons. The molecule has 0 N–H and O–H groups in total. The van der Waals surface area contributed by atoms with Gasteiger partial charge in [0.15, 0.2) is 0 Å². The molecule has 2 aromatic carbocycles. The highest BCUT2D eigenvalue weighted by molar-refractivity contribution is 7.89. The van der Waals surface area contributed by atoms with Crippen molar-refractivity contribution in [1.29, 1.82) is 0 Å². The molecule has 0 atom stereocenters. The number of carbonyl (C=O) groups is 1. The second-order valence-electron chi connectivity index (χ2n) is 6.07. The van der Waals surface area contributed by atoms with E-state index in [1.54, 1.807) is 23.1 Å². The van der Waals surface area contributed by atoms with Gasteiger partial charge in [-0.1, -0.05) is 23.7 Å². The zero-order valence-electron chi connectivity index (χ0n) is 14.4. The van der Waals surface area contributed by atoms with Crippen LogP contribution < -0.4 is 0 Å². The van der Waals surface area contributed by atoms with E-state index in [1.807, 2.05) is 0 Å². The third-order valence-electron chi connectivity index (χ3n) is 4.29. The van der Waals surface area contributed by atoms with Crippen molar-refractivity contribution in [1.82, 2.24) is 9.21 Å². The largest absolute Gasteiger partial charge is 0.337 e. The summed E-state index contributed by atoms with van der Waals surface area (Å²) < 4.78 is 39.6. The Morgan fingerprint density at radius 3 is 2.15 bits per heavy atom. The van der Waals surface area contributed by atoms with Gasteiger partial charge in [-0.25, -0.2) is 12.8 Å². The number of amides is 1. The van der Waals surface area contributed by atoms with Gasteiger partial charge in [-0.15, -0.1) is 0 Å². The van der Waals surface area contributed by atoms with E-state index in [0.29, 0.717) is 23.7 Å². The van der Waals surface area contributed by atoms with E-state index in [-0.39, 0.29) is 29.7 Å². The van der Waals surface area contributed by atoms with Crippen molar-refractivity contribution >= 4 is 33.6 Å². The quantitative estimate of drug-likeness (QED) is 0.731. The number of hydrogen-bond donors (Lipinski definition) is 0. The van der Waals surface area contributed by atoms with Crippen molar-refractivity contribution in [2.24, 2.45) is 0 Å². The first-order chi connectivity index (χ1) is 12.9. The number of nitrogens with zero attached hydrogens (tertiary/aromatic N) is 2. The Morgan fingerprint density at radius 2 is 1.56 bits per heavy atom. The van der Waals surface area contributed by atoms with E-state index in [4.69, 9.17) is 11.6 Å². The highest BCUT2D eigenvalue weighted by Crippen LogP contribution is 2.20. The van der Waals surface area contributed by atoms with Gasteiger partial charge in [0.25, 0.3) is 0 Å². The van der Waals surface area contributed by atoms with Crippen LogP contribution in [0.2, 0.25) is 5.02 Å². The summed E-state index contributed by atoms with van der Waals surface area (Å²) in [5, 5.41) is 0.470. The fourth-order valence-corrected chi connectivity index (χ4v) is 4.30. The van der Waals surface area contributed by atoms with Gasteiger partial charge < -0.3 is 4.90 Å². The molecule has 1 aliphatic heterocycles. The molecule has 0 bridgehead atoms. The molecule has 1 heterocycles. The molecule has 1 amide bonds. The number of sulfonamides is 1. The summed E-state index contributed by atoms with van der Waals surface area (Å²) in [5.74, 6) is -0.542. The Bertz CT molecular complexity index is 936. The summed E-state index contributed by atoms with van der Waals surface area (Å²) in [6.45, 7) is 1.06. The second kappa shape index (κ2) is 8.21. The molecule has 1 fully saturated rings. The number of halogens is 2. The zero-order valence-corrected chi connectivity index (χ0v) is 16.0. The lowest BCUT2D eigenvalue weighted by atomic mass is 10.2. The molecule has 0 saturated carbocycles. The Morgan fingerprint density at radius 1 is 0.963 bits per heavy atom. The van der Waals surface area contributed by atoms with Crippen LogP contribution in [0, 0.1) is 5.82 Å². The highest BCUT2D eigenvalue weighted by Gasteiger charge is 2.29. The number of carbonyl (C=O) groups excluding carboxylic acids is 1. The second-order valence-corrected chi connectivity index (χ2v) is 8.44. The molecule has 27 heavy (non-hydrogen) atoms. The van der Waals surface area contributed by atoms with Crippen LogP contribution >= 0.6 is 11.6 Å². The van der Waals surface area contributed by atoms with Crippen molar-refractivity contribution in [3.63, 3.8) is 0 Å². The summed E-state index contributed by atoms with van der Waals surface area (Å²) >= 11 is 5.81. The fourth-order valence-electron chi connectivity index (χ4n) is 2.75. The topological polar surface area (TPSA) is 57.7 Å². The fraction of sp³-hybridized carbons (Fsp3) is 0.211. The SMILES string of the molecule is O=C(/C=C/c1ccc(F)cc1)N1CCN(S(=O)(=O)c2ccc(Cl)cc2)CC1. The summed E-state index contributed by atoms with van der Waals surface area (Å²) in [4.78, 5) is 14.1. The Kier molecular flexibility index (Phi) is 5.94. The predicted molar refractivity (Wildman–Crippen MR) is 102 cm³/mol. The van der Waals surface area contributed by atoms with Gasteiger partial charge in [0, 0.05) is 37.3 Å². The van der Waals surface area contributed by atoms with Gasteiger partial charge in [0.05, 0.1) is 4.90 Å². The lowest BCUT2D eigenvalue weighted by molar-refractivity contribution is -0.127. The maximum atomic E-state index is 12.9. The Labute approximate surface area is 162 Å². The van der Waals surface area contributed by atoms with Gasteiger partial charge >= 0.3 is 0 Å². The van der Waals surface area contributed by atoms with Crippen LogP contribution in [-0.2, 0) is 14.8 Å². The predicted octanol–water partition coefficient (Wildman–Crippen LogP) is 3.03. The molecule has 0 aliphatic carbocycles. The van der Waals surface area contributed by atoms with Crippen LogP contribution in [0.4, 0.5) is 4.39 Å². The lowest BCUT2D eigenvalue weighted by Gasteiger charge is -2.33. The summed E-state index contributed by atoms with van der Waals surface area (Å²) in [6, 6.07) is 11.8. The standard InChI is InChI=1S/C19H18ClFN2O3S/c20-16-4-8-18(9-5-16)27(25,26)23-13-11-22(12-14-23)19(24)10-3-15-1-6-17(21)7-2-15/h1-10H,11-14H2/b10-3+. The minimum absolute atomic E-state index is 0.183. The smallest absolute Gasteiger partial charge is 0.246 e. The monoisotopic (exact) mass is 408 g/mol. The average molecular weight is 409 g/mol. The summed E-state index contributed by atoms with van der Waals surface area (Å²) in [5.41, 5.74) is 0.716. The molecule has 1 saturated heterocycles. The first-order valence-corrected chi connectivity index (χ1v) is 10.2. The normalized spacial score (nSPS) is 16.0. The molecule has 3 rings (SSSR count). The van der Waals surface area contributed by atoms with E-state index in [1.165, 1.54) is 46.8 Å². The third kappa shape index (κ3) is 4.74. The summed E-state index contributed by atoms with van der Waals surface area (Å²) in [7, 11) is -3.60. The van der Waals surface area contributed by atoms with Crippen molar-refractivity contribution in [2.75, 3.05) is 26.2 Å². The van der Waals surface area contributed by atoms with Crippen LogP contribution in [0.5, 0.6) is 0 Å². The van der Waals surface area contributed by atoms with Gasteiger partial charge in [-0.3, -0.25) is 4.79 Å². The molecule has 0 unspecified atom stereocenters. The van der Waals surface area contributed by atoms with Gasteiger partial charge in [0.1, 0.15) is 5.82 Å². The number of benzene rings is 2. The van der Waals surface area contributed by atoms with E-state index < -0.39 is 10.0 Å². The minimum atomic E-state index is -3.60. The van der Waals surface area contributed by atoms with E-state index >= 15 is 0 Å².